The van der Waals surface area contributed by atoms with Gasteiger partial charge in [0.25, 0.3) is 0 Å². The van der Waals surface area contributed by atoms with Crippen LogP contribution in [0.3, 0.4) is 0 Å². The molecule has 1 saturated heterocycles. The lowest BCUT2D eigenvalue weighted by Gasteiger charge is -2.26. The average Bonchev–Trinajstić information content (AvgIpc) is 2.53. The normalized spacial score (nSPS) is 16.5. The van der Waals surface area contributed by atoms with Gasteiger partial charge in [-0.15, -0.1) is 12.4 Å². The van der Waals surface area contributed by atoms with Crippen molar-refractivity contribution in [1.29, 1.82) is 0 Å². The molecule has 1 fully saturated rings. The number of hydrogen-bond donors (Lipinski definition) is 2. The van der Waals surface area contributed by atoms with E-state index < -0.39 is 6.04 Å². The summed E-state index contributed by atoms with van der Waals surface area (Å²) < 4.78 is 10.5. The molecule has 1 amide bonds. The second kappa shape index (κ2) is 9.20. The largest absolute Gasteiger partial charge is 0.496 e. The first-order chi connectivity index (χ1) is 10.1. The molecule has 1 aliphatic heterocycles. The van der Waals surface area contributed by atoms with E-state index in [-0.39, 0.29) is 24.2 Å². The molecule has 0 aliphatic carbocycles. The van der Waals surface area contributed by atoms with Gasteiger partial charge in [0.05, 0.1) is 13.2 Å². The minimum atomic E-state index is -0.493. The van der Waals surface area contributed by atoms with E-state index in [0.717, 1.165) is 18.4 Å². The molecule has 1 unspecified atom stereocenters. The predicted octanol–water partition coefficient (Wildman–Crippen LogP) is 2.14. The van der Waals surface area contributed by atoms with Gasteiger partial charge >= 0.3 is 0 Å². The van der Waals surface area contributed by atoms with Crippen LogP contribution in [0.15, 0.2) is 18.2 Å². The van der Waals surface area contributed by atoms with Gasteiger partial charge in [-0.25, -0.2) is 0 Å². The summed E-state index contributed by atoms with van der Waals surface area (Å²) in [6.07, 6.45) is 1.66. The Morgan fingerprint density at radius 1 is 1.50 bits per heavy atom. The molecule has 1 heterocycles. The van der Waals surface area contributed by atoms with Gasteiger partial charge in [0.1, 0.15) is 5.75 Å². The fourth-order valence-electron chi connectivity index (χ4n) is 2.45. The second-order valence-electron chi connectivity index (χ2n) is 5.15. The molecule has 0 bridgehead atoms. The highest BCUT2D eigenvalue weighted by Gasteiger charge is 2.26. The van der Waals surface area contributed by atoms with Gasteiger partial charge in [-0.1, -0.05) is 17.7 Å². The van der Waals surface area contributed by atoms with Gasteiger partial charge < -0.3 is 20.5 Å². The number of hydrogen-bond acceptors (Lipinski definition) is 4. The third-order valence-corrected chi connectivity index (χ3v) is 4.01. The lowest BCUT2D eigenvalue weighted by Crippen LogP contribution is -2.46. The Morgan fingerprint density at radius 2 is 2.18 bits per heavy atom. The number of rotatable bonds is 5. The van der Waals surface area contributed by atoms with E-state index in [0.29, 0.717) is 30.5 Å². The van der Waals surface area contributed by atoms with E-state index in [9.17, 15) is 4.79 Å². The highest BCUT2D eigenvalue weighted by atomic mass is 35.5. The van der Waals surface area contributed by atoms with Gasteiger partial charge in [0.2, 0.25) is 5.91 Å². The van der Waals surface area contributed by atoms with Crippen molar-refractivity contribution < 1.29 is 14.3 Å². The van der Waals surface area contributed by atoms with Gasteiger partial charge in [-0.2, -0.15) is 0 Å². The quantitative estimate of drug-likeness (QED) is 0.854. The molecule has 22 heavy (non-hydrogen) atoms. The van der Waals surface area contributed by atoms with Crippen LogP contribution < -0.4 is 15.8 Å². The summed E-state index contributed by atoms with van der Waals surface area (Å²) in [4.78, 5) is 12.1. The van der Waals surface area contributed by atoms with E-state index in [1.165, 1.54) is 0 Å². The van der Waals surface area contributed by atoms with Crippen molar-refractivity contribution in [2.45, 2.75) is 25.4 Å². The molecular weight excluding hydrogens is 327 g/mol. The molecule has 1 atom stereocenters. The van der Waals surface area contributed by atoms with E-state index >= 15 is 0 Å². The SMILES string of the molecule is COc1cc(Cl)ccc1CNC(=O)C(N)C1CCOCC1.Cl. The number of halogens is 2. The van der Waals surface area contributed by atoms with Gasteiger partial charge in [0.15, 0.2) is 0 Å². The number of nitrogens with one attached hydrogen (secondary N) is 1. The highest BCUT2D eigenvalue weighted by Crippen LogP contribution is 2.23. The Labute approximate surface area is 141 Å². The van der Waals surface area contributed by atoms with E-state index in [1.54, 1.807) is 19.2 Å². The Morgan fingerprint density at radius 3 is 2.82 bits per heavy atom. The zero-order valence-electron chi connectivity index (χ0n) is 12.5. The van der Waals surface area contributed by atoms with E-state index in [1.807, 2.05) is 6.07 Å². The molecule has 0 aromatic heterocycles. The van der Waals surface area contributed by atoms with Crippen LogP contribution >= 0.6 is 24.0 Å². The van der Waals surface area contributed by atoms with E-state index in [4.69, 9.17) is 26.8 Å². The maximum atomic E-state index is 12.1. The molecule has 0 saturated carbocycles. The summed E-state index contributed by atoms with van der Waals surface area (Å²) in [5.74, 6) is 0.701. The van der Waals surface area contributed by atoms with Gasteiger partial charge in [-0.05, 0) is 30.9 Å². The fourth-order valence-corrected chi connectivity index (χ4v) is 2.62. The summed E-state index contributed by atoms with van der Waals surface area (Å²) in [5.41, 5.74) is 6.90. The van der Waals surface area contributed by atoms with Crippen molar-refractivity contribution in [2.24, 2.45) is 11.7 Å². The standard InChI is InChI=1S/C15H21ClN2O3.ClH/c1-20-13-8-12(16)3-2-11(13)9-18-15(19)14(17)10-4-6-21-7-5-10;/h2-3,8,10,14H,4-7,9,17H2,1H3,(H,18,19);1H. The number of nitrogens with two attached hydrogens (primary N) is 1. The van der Waals surface area contributed by atoms with Crippen LogP contribution in [-0.2, 0) is 16.1 Å². The smallest absolute Gasteiger partial charge is 0.237 e. The first kappa shape index (κ1) is 19.0. The second-order valence-corrected chi connectivity index (χ2v) is 5.59. The Kier molecular flexibility index (Phi) is 7.96. The monoisotopic (exact) mass is 348 g/mol. The number of methoxy groups -OCH3 is 1. The minimum absolute atomic E-state index is 0. The molecule has 0 spiro atoms. The van der Waals surface area contributed by atoms with Crippen molar-refractivity contribution >= 4 is 29.9 Å². The zero-order valence-corrected chi connectivity index (χ0v) is 14.1. The first-order valence-electron chi connectivity index (χ1n) is 7.05. The Hall–Kier alpha value is -1.01. The molecular formula is C15H22Cl2N2O3. The van der Waals surface area contributed by atoms with Crippen molar-refractivity contribution in [1.82, 2.24) is 5.32 Å². The number of carbonyl (C=O) groups excluding carboxylic acids is 1. The number of carbonyl (C=O) groups is 1. The lowest BCUT2D eigenvalue weighted by atomic mass is 9.92. The number of ether oxygens (including phenoxy) is 2. The molecule has 5 nitrogen and oxygen atoms in total. The maximum Gasteiger partial charge on any atom is 0.237 e. The molecule has 0 radical (unpaired) electrons. The third-order valence-electron chi connectivity index (χ3n) is 3.78. The van der Waals surface area contributed by atoms with Gasteiger partial charge in [-0.3, -0.25) is 4.79 Å². The van der Waals surface area contributed by atoms with Crippen molar-refractivity contribution in [3.05, 3.63) is 28.8 Å². The summed E-state index contributed by atoms with van der Waals surface area (Å²) in [6, 6.07) is 4.83. The first-order valence-corrected chi connectivity index (χ1v) is 7.43. The Bertz CT molecular complexity index is 494. The summed E-state index contributed by atoms with van der Waals surface area (Å²) in [6.45, 7) is 1.73. The summed E-state index contributed by atoms with van der Waals surface area (Å²) in [7, 11) is 1.57. The van der Waals surface area contributed by atoms with E-state index in [2.05, 4.69) is 5.32 Å². The van der Waals surface area contributed by atoms with Crippen molar-refractivity contribution in [3.8, 4) is 5.75 Å². The number of amides is 1. The van der Waals surface area contributed by atoms with Crippen LogP contribution in [0.2, 0.25) is 5.02 Å². The summed E-state index contributed by atoms with van der Waals surface area (Å²) in [5, 5.41) is 3.46. The van der Waals surface area contributed by atoms with Gasteiger partial charge in [0, 0.05) is 30.3 Å². The maximum absolute atomic E-state index is 12.1. The fraction of sp³-hybridized carbons (Fsp3) is 0.533. The van der Waals surface area contributed by atoms with Crippen LogP contribution in [0.1, 0.15) is 18.4 Å². The highest BCUT2D eigenvalue weighted by molar-refractivity contribution is 6.30. The van der Waals surface area contributed by atoms with Crippen LogP contribution in [0.4, 0.5) is 0 Å². The minimum Gasteiger partial charge on any atom is -0.496 e. The van der Waals surface area contributed by atoms with Crippen molar-refractivity contribution in [2.75, 3.05) is 20.3 Å². The molecule has 1 aromatic carbocycles. The molecule has 3 N–H and O–H groups in total. The third kappa shape index (κ3) is 5.02. The van der Waals surface area contributed by atoms with Crippen LogP contribution in [0, 0.1) is 5.92 Å². The molecule has 1 aliphatic rings. The predicted molar refractivity (Wildman–Crippen MR) is 88.6 cm³/mol. The average molecular weight is 349 g/mol. The number of benzene rings is 1. The summed E-state index contributed by atoms with van der Waals surface area (Å²) >= 11 is 5.91. The van der Waals surface area contributed by atoms with Crippen LogP contribution in [-0.4, -0.2) is 32.3 Å². The Balaban J connectivity index is 0.00000242. The molecule has 7 heteroatoms. The van der Waals surface area contributed by atoms with Crippen LogP contribution in [0.5, 0.6) is 5.75 Å². The topological polar surface area (TPSA) is 73.6 Å². The van der Waals surface area contributed by atoms with Crippen LogP contribution in [0.25, 0.3) is 0 Å². The molecule has 124 valence electrons. The molecule has 1 aromatic rings. The lowest BCUT2D eigenvalue weighted by molar-refractivity contribution is -0.124. The zero-order chi connectivity index (χ0) is 15.2. The molecule has 2 rings (SSSR count). The van der Waals surface area contributed by atoms with Crippen molar-refractivity contribution in [3.63, 3.8) is 0 Å².